The zero-order valence-corrected chi connectivity index (χ0v) is 15.0. The summed E-state index contributed by atoms with van der Waals surface area (Å²) in [6.07, 6.45) is 2.31. The number of aryl methyl sites for hydroxylation is 1. The summed E-state index contributed by atoms with van der Waals surface area (Å²) < 4.78 is 0. The Morgan fingerprint density at radius 3 is 2.75 bits per heavy atom. The fourth-order valence-corrected chi connectivity index (χ4v) is 4.60. The van der Waals surface area contributed by atoms with Gasteiger partial charge in [-0.25, -0.2) is 0 Å². The second kappa shape index (κ2) is 5.32. The van der Waals surface area contributed by atoms with Crippen molar-refractivity contribution in [2.24, 2.45) is 5.41 Å². The molecular formula is C20H21ClN2O. The van der Waals surface area contributed by atoms with Crippen LogP contribution in [0.3, 0.4) is 0 Å². The number of halogens is 1. The molecule has 3 nitrogen and oxygen atoms in total. The van der Waals surface area contributed by atoms with Crippen molar-refractivity contribution in [3.05, 3.63) is 62.9 Å². The molecule has 1 N–H and O–H groups in total. The highest BCUT2D eigenvalue weighted by Crippen LogP contribution is 2.50. The Kier molecular flexibility index (Phi) is 3.47. The maximum atomic E-state index is 13.1. The number of nitrogens with zero attached hydrogens (tertiary/aromatic N) is 1. The Morgan fingerprint density at radius 2 is 2.00 bits per heavy atom. The minimum absolute atomic E-state index is 0.0177. The second-order valence-corrected chi connectivity index (χ2v) is 8.21. The Labute approximate surface area is 147 Å². The molecule has 24 heavy (non-hydrogen) atoms. The number of nitrogens with one attached hydrogen (secondary N) is 1. The van der Waals surface area contributed by atoms with Crippen LogP contribution in [0, 0.1) is 12.3 Å². The van der Waals surface area contributed by atoms with Gasteiger partial charge < -0.3 is 0 Å². The highest BCUT2D eigenvalue weighted by Gasteiger charge is 2.42. The van der Waals surface area contributed by atoms with Crippen molar-refractivity contribution in [3.8, 4) is 0 Å². The molecule has 0 radical (unpaired) electrons. The number of benzene rings is 1. The number of fused-ring (bicyclic) bond motifs is 1. The van der Waals surface area contributed by atoms with Crippen LogP contribution in [0.4, 0.5) is 0 Å². The van der Waals surface area contributed by atoms with Crippen molar-refractivity contribution in [3.63, 3.8) is 0 Å². The van der Waals surface area contributed by atoms with Crippen LogP contribution < -0.4 is 0 Å². The highest BCUT2D eigenvalue weighted by molar-refractivity contribution is 6.31. The van der Waals surface area contributed by atoms with E-state index in [0.717, 1.165) is 40.9 Å². The van der Waals surface area contributed by atoms with Crippen LogP contribution in [0.15, 0.2) is 35.4 Å². The largest absolute Gasteiger partial charge is 0.294 e. The summed E-state index contributed by atoms with van der Waals surface area (Å²) >= 11 is 6.51. The smallest absolute Gasteiger partial charge is 0.160 e. The number of aromatic amines is 1. The maximum Gasteiger partial charge on any atom is 0.160 e. The van der Waals surface area contributed by atoms with Crippen LogP contribution in [-0.2, 0) is 11.2 Å². The lowest BCUT2D eigenvalue weighted by Gasteiger charge is -2.38. The van der Waals surface area contributed by atoms with E-state index < -0.39 is 0 Å². The van der Waals surface area contributed by atoms with Crippen LogP contribution in [0.5, 0.6) is 0 Å². The van der Waals surface area contributed by atoms with E-state index in [1.165, 1.54) is 5.57 Å². The zero-order valence-electron chi connectivity index (χ0n) is 14.2. The molecule has 1 aromatic carbocycles. The van der Waals surface area contributed by atoms with E-state index in [4.69, 9.17) is 11.6 Å². The van der Waals surface area contributed by atoms with Crippen LogP contribution in [0.25, 0.3) is 0 Å². The lowest BCUT2D eigenvalue weighted by Crippen LogP contribution is -2.32. The number of aromatic nitrogens is 2. The molecule has 124 valence electrons. The average Bonchev–Trinajstić information content (AvgIpc) is 2.86. The number of hydrogen-bond donors (Lipinski definition) is 1. The molecule has 4 heteroatoms. The van der Waals surface area contributed by atoms with Crippen LogP contribution in [-0.4, -0.2) is 16.0 Å². The van der Waals surface area contributed by atoms with E-state index in [9.17, 15) is 4.79 Å². The van der Waals surface area contributed by atoms with E-state index in [2.05, 4.69) is 24.0 Å². The molecule has 0 aliphatic heterocycles. The van der Waals surface area contributed by atoms with Gasteiger partial charge in [-0.1, -0.05) is 49.2 Å². The first-order valence-corrected chi connectivity index (χ1v) is 8.78. The number of carbonyl (C=O) groups excluding carboxylic acids is 1. The van der Waals surface area contributed by atoms with Crippen molar-refractivity contribution < 1.29 is 4.79 Å². The Morgan fingerprint density at radius 1 is 1.25 bits per heavy atom. The van der Waals surface area contributed by atoms with Gasteiger partial charge in [0.25, 0.3) is 0 Å². The number of rotatable bonds is 1. The molecule has 0 saturated heterocycles. The van der Waals surface area contributed by atoms with Crippen LogP contribution in [0.1, 0.15) is 55.1 Å². The average molecular weight is 341 g/mol. The van der Waals surface area contributed by atoms with Crippen molar-refractivity contribution in [2.75, 3.05) is 0 Å². The maximum absolute atomic E-state index is 13.1. The lowest BCUT2D eigenvalue weighted by molar-refractivity contribution is -0.118. The van der Waals surface area contributed by atoms with Gasteiger partial charge in [0.1, 0.15) is 0 Å². The van der Waals surface area contributed by atoms with Crippen LogP contribution in [0.2, 0.25) is 5.02 Å². The number of H-pyrrole nitrogens is 1. The summed E-state index contributed by atoms with van der Waals surface area (Å²) in [4.78, 5) is 13.1. The first kappa shape index (κ1) is 15.6. The van der Waals surface area contributed by atoms with Gasteiger partial charge >= 0.3 is 0 Å². The lowest BCUT2D eigenvalue weighted by atomic mass is 9.65. The van der Waals surface area contributed by atoms with Gasteiger partial charge in [-0.3, -0.25) is 9.89 Å². The summed E-state index contributed by atoms with van der Waals surface area (Å²) in [5, 5.41) is 8.33. The van der Waals surface area contributed by atoms with Gasteiger partial charge in [0.15, 0.2) is 5.78 Å². The number of Topliss-reactive ketones (excluding diaryl/α,β-unsaturated/α-hetero) is 1. The summed E-state index contributed by atoms with van der Waals surface area (Å²) in [6.45, 7) is 6.37. The normalized spacial score (nSPS) is 22.3. The predicted octanol–water partition coefficient (Wildman–Crippen LogP) is 4.75. The van der Waals surface area contributed by atoms with Gasteiger partial charge in [0.05, 0.1) is 5.69 Å². The Balaban J connectivity index is 1.97. The summed E-state index contributed by atoms with van der Waals surface area (Å²) in [5.74, 6) is 0.164. The molecule has 0 saturated carbocycles. The number of hydrogen-bond acceptors (Lipinski definition) is 2. The molecule has 1 atom stereocenters. The third kappa shape index (κ3) is 2.34. The van der Waals surface area contributed by atoms with E-state index in [1.54, 1.807) is 0 Å². The summed E-state index contributed by atoms with van der Waals surface area (Å²) in [7, 11) is 0. The first-order valence-electron chi connectivity index (χ1n) is 8.41. The fourth-order valence-electron chi connectivity index (χ4n) is 4.36. The molecule has 1 heterocycles. The van der Waals surface area contributed by atoms with E-state index >= 15 is 0 Å². The van der Waals surface area contributed by atoms with Gasteiger partial charge in [0.2, 0.25) is 0 Å². The van der Waals surface area contributed by atoms with E-state index in [-0.39, 0.29) is 17.1 Å². The molecule has 0 fully saturated rings. The van der Waals surface area contributed by atoms with E-state index in [0.29, 0.717) is 11.4 Å². The van der Waals surface area contributed by atoms with Crippen molar-refractivity contribution in [2.45, 2.75) is 46.0 Å². The van der Waals surface area contributed by atoms with Gasteiger partial charge in [-0.05, 0) is 30.4 Å². The summed E-state index contributed by atoms with van der Waals surface area (Å²) in [5.41, 5.74) is 6.43. The zero-order chi connectivity index (χ0) is 17.1. The number of allylic oxidation sites excluding steroid dienone is 2. The van der Waals surface area contributed by atoms with Crippen LogP contribution >= 0.6 is 11.6 Å². The number of ketones is 1. The summed E-state index contributed by atoms with van der Waals surface area (Å²) in [6, 6.07) is 7.85. The Hall–Kier alpha value is -1.87. The first-order chi connectivity index (χ1) is 11.4. The standard InChI is InChI=1S/C20H21ClN2O/c1-11-17-15(23-22-11)8-12-9-20(2,3)10-16(24)18(12)19(17)13-6-4-5-7-14(13)21/h4-7,19H,8-10H2,1-3H3,(H,22,23). The molecule has 1 unspecified atom stereocenters. The molecule has 2 aliphatic rings. The molecule has 1 aromatic heterocycles. The molecule has 0 bridgehead atoms. The molecule has 0 amide bonds. The molecule has 4 rings (SSSR count). The third-order valence-corrected chi connectivity index (χ3v) is 5.60. The topological polar surface area (TPSA) is 45.8 Å². The monoisotopic (exact) mass is 340 g/mol. The van der Waals surface area contributed by atoms with E-state index in [1.807, 2.05) is 31.2 Å². The fraction of sp³-hybridized carbons (Fsp3) is 0.400. The number of carbonyl (C=O) groups is 1. The minimum atomic E-state index is -0.0974. The SMILES string of the molecule is Cc1[nH]nc2c1C(c1ccccc1Cl)C1=C(C2)CC(C)(C)CC1=O. The van der Waals surface area contributed by atoms with Gasteiger partial charge in [0, 0.05) is 40.6 Å². The van der Waals surface area contributed by atoms with Gasteiger partial charge in [-0.15, -0.1) is 0 Å². The molecule has 2 aromatic rings. The highest BCUT2D eigenvalue weighted by atomic mass is 35.5. The second-order valence-electron chi connectivity index (χ2n) is 7.80. The predicted molar refractivity (Wildman–Crippen MR) is 95.4 cm³/mol. The van der Waals surface area contributed by atoms with Crippen molar-refractivity contribution >= 4 is 17.4 Å². The Bertz CT molecular complexity index is 876. The molecular weight excluding hydrogens is 320 g/mol. The minimum Gasteiger partial charge on any atom is -0.294 e. The molecule has 2 aliphatic carbocycles. The van der Waals surface area contributed by atoms with Crippen molar-refractivity contribution in [1.82, 2.24) is 10.2 Å². The quantitative estimate of drug-likeness (QED) is 0.814. The third-order valence-electron chi connectivity index (χ3n) is 5.26. The van der Waals surface area contributed by atoms with Crippen molar-refractivity contribution in [1.29, 1.82) is 0 Å². The molecule has 0 spiro atoms. The van der Waals surface area contributed by atoms with Gasteiger partial charge in [-0.2, -0.15) is 5.10 Å².